The average Bonchev–Trinajstić information content (AvgIpc) is 2.19. The third kappa shape index (κ3) is 4.35. The second-order valence-corrected chi connectivity index (χ2v) is 3.28. The van der Waals surface area contributed by atoms with Crippen LogP contribution in [-0.2, 0) is 16.0 Å². The van der Waals surface area contributed by atoms with E-state index in [1.165, 1.54) is 19.1 Å². The van der Waals surface area contributed by atoms with Crippen LogP contribution in [0.25, 0.3) is 0 Å². The fraction of sp³-hybridized carbons (Fsp3) is 0.273. The molecule has 4 heteroatoms. The van der Waals surface area contributed by atoms with Crippen LogP contribution in [-0.4, -0.2) is 18.2 Å². The van der Waals surface area contributed by atoms with Crippen molar-refractivity contribution in [2.45, 2.75) is 13.3 Å². The number of carbonyl (C=O) groups excluding carboxylic acids is 2. The molecular formula is C11H12FNO2. The lowest BCUT2D eigenvalue weighted by Crippen LogP contribution is -2.29. The lowest BCUT2D eigenvalue weighted by molar-refractivity contribution is -0.124. The van der Waals surface area contributed by atoms with Crippen molar-refractivity contribution in [1.82, 2.24) is 5.32 Å². The maximum Gasteiger partial charge on any atom is 0.224 e. The van der Waals surface area contributed by atoms with Crippen molar-refractivity contribution in [3.8, 4) is 0 Å². The van der Waals surface area contributed by atoms with Gasteiger partial charge < -0.3 is 5.32 Å². The molecule has 0 aliphatic heterocycles. The Hall–Kier alpha value is -1.71. The van der Waals surface area contributed by atoms with Gasteiger partial charge in [0.05, 0.1) is 13.0 Å². The van der Waals surface area contributed by atoms with Gasteiger partial charge >= 0.3 is 0 Å². The Kier molecular flexibility index (Phi) is 3.97. The van der Waals surface area contributed by atoms with Crippen LogP contribution < -0.4 is 5.32 Å². The van der Waals surface area contributed by atoms with Gasteiger partial charge in [0.25, 0.3) is 0 Å². The van der Waals surface area contributed by atoms with E-state index in [0.717, 1.165) is 5.56 Å². The van der Waals surface area contributed by atoms with Crippen molar-refractivity contribution in [2.75, 3.05) is 6.54 Å². The van der Waals surface area contributed by atoms with Gasteiger partial charge in [0.1, 0.15) is 11.6 Å². The van der Waals surface area contributed by atoms with Crippen LogP contribution in [0.15, 0.2) is 24.3 Å². The summed E-state index contributed by atoms with van der Waals surface area (Å²) < 4.78 is 12.5. The topological polar surface area (TPSA) is 46.2 Å². The number of amides is 1. The van der Waals surface area contributed by atoms with Crippen LogP contribution in [0, 0.1) is 5.82 Å². The van der Waals surface area contributed by atoms with Gasteiger partial charge in [-0.05, 0) is 24.6 Å². The van der Waals surface area contributed by atoms with E-state index in [1.807, 2.05) is 0 Å². The first-order valence-electron chi connectivity index (χ1n) is 4.58. The molecule has 0 saturated heterocycles. The molecule has 0 fully saturated rings. The molecule has 0 heterocycles. The minimum Gasteiger partial charge on any atom is -0.349 e. The summed E-state index contributed by atoms with van der Waals surface area (Å²) >= 11 is 0. The number of hydrogen-bond acceptors (Lipinski definition) is 2. The molecule has 0 spiro atoms. The SMILES string of the molecule is CC(=O)CNC(=O)Cc1ccc(F)cc1. The van der Waals surface area contributed by atoms with E-state index in [-0.39, 0.29) is 30.5 Å². The van der Waals surface area contributed by atoms with E-state index in [4.69, 9.17) is 0 Å². The fourth-order valence-electron chi connectivity index (χ4n) is 1.07. The van der Waals surface area contributed by atoms with Gasteiger partial charge in [0.15, 0.2) is 0 Å². The highest BCUT2D eigenvalue weighted by Crippen LogP contribution is 2.03. The summed E-state index contributed by atoms with van der Waals surface area (Å²) in [5.41, 5.74) is 0.720. The Bertz CT molecular complexity index is 359. The van der Waals surface area contributed by atoms with Crippen LogP contribution in [0.2, 0.25) is 0 Å². The monoisotopic (exact) mass is 209 g/mol. The van der Waals surface area contributed by atoms with Crippen molar-refractivity contribution in [3.05, 3.63) is 35.6 Å². The zero-order valence-corrected chi connectivity index (χ0v) is 8.42. The average molecular weight is 209 g/mol. The molecule has 3 nitrogen and oxygen atoms in total. The summed E-state index contributed by atoms with van der Waals surface area (Å²) in [6.45, 7) is 1.44. The number of halogens is 1. The molecule has 0 aliphatic carbocycles. The van der Waals surface area contributed by atoms with E-state index in [0.29, 0.717) is 0 Å². The maximum atomic E-state index is 12.5. The number of ketones is 1. The molecule has 0 unspecified atom stereocenters. The summed E-state index contributed by atoms with van der Waals surface area (Å²) in [5.74, 6) is -0.665. The molecule has 80 valence electrons. The van der Waals surface area contributed by atoms with E-state index < -0.39 is 0 Å². The third-order valence-corrected chi connectivity index (χ3v) is 1.81. The van der Waals surface area contributed by atoms with Crippen LogP contribution in [0.4, 0.5) is 4.39 Å². The standard InChI is InChI=1S/C11H12FNO2/c1-8(14)7-13-11(15)6-9-2-4-10(12)5-3-9/h2-5H,6-7H2,1H3,(H,13,15). The van der Waals surface area contributed by atoms with E-state index in [9.17, 15) is 14.0 Å². The molecule has 1 amide bonds. The second kappa shape index (κ2) is 5.24. The highest BCUT2D eigenvalue weighted by molar-refractivity contribution is 5.85. The summed E-state index contributed by atoms with van der Waals surface area (Å²) in [7, 11) is 0. The van der Waals surface area contributed by atoms with Gasteiger partial charge in [0, 0.05) is 0 Å². The highest BCUT2D eigenvalue weighted by atomic mass is 19.1. The molecule has 0 radical (unpaired) electrons. The van der Waals surface area contributed by atoms with E-state index in [1.54, 1.807) is 12.1 Å². The molecule has 1 aromatic rings. The molecule has 0 atom stereocenters. The largest absolute Gasteiger partial charge is 0.349 e. The van der Waals surface area contributed by atoms with Crippen molar-refractivity contribution in [1.29, 1.82) is 0 Å². The fourth-order valence-corrected chi connectivity index (χ4v) is 1.07. The van der Waals surface area contributed by atoms with Crippen LogP contribution in [0.3, 0.4) is 0 Å². The summed E-state index contributed by atoms with van der Waals surface area (Å²) in [5, 5.41) is 2.46. The molecule has 0 aromatic heterocycles. The van der Waals surface area contributed by atoms with Crippen molar-refractivity contribution in [3.63, 3.8) is 0 Å². The molecule has 15 heavy (non-hydrogen) atoms. The summed E-state index contributed by atoms with van der Waals surface area (Å²) in [6.07, 6.45) is 0.160. The second-order valence-electron chi connectivity index (χ2n) is 3.28. The zero-order chi connectivity index (χ0) is 11.3. The van der Waals surface area contributed by atoms with Crippen LogP contribution in [0.1, 0.15) is 12.5 Å². The number of rotatable bonds is 4. The van der Waals surface area contributed by atoms with Gasteiger partial charge in [-0.15, -0.1) is 0 Å². The van der Waals surface area contributed by atoms with Gasteiger partial charge in [-0.3, -0.25) is 9.59 Å². The smallest absolute Gasteiger partial charge is 0.224 e. The van der Waals surface area contributed by atoms with Crippen LogP contribution >= 0.6 is 0 Å². The lowest BCUT2D eigenvalue weighted by atomic mass is 10.1. The van der Waals surface area contributed by atoms with Crippen molar-refractivity contribution >= 4 is 11.7 Å². The quantitative estimate of drug-likeness (QED) is 0.806. The van der Waals surface area contributed by atoms with Gasteiger partial charge in [-0.1, -0.05) is 12.1 Å². The number of carbonyl (C=O) groups is 2. The number of nitrogens with one attached hydrogen (secondary N) is 1. The zero-order valence-electron chi connectivity index (χ0n) is 8.42. The molecular weight excluding hydrogens is 197 g/mol. The highest BCUT2D eigenvalue weighted by Gasteiger charge is 2.03. The van der Waals surface area contributed by atoms with Gasteiger partial charge in [-0.25, -0.2) is 4.39 Å². The Labute approximate surface area is 87.3 Å². The molecule has 1 aromatic carbocycles. The Morgan fingerprint density at radius 2 is 1.87 bits per heavy atom. The Morgan fingerprint density at radius 1 is 1.27 bits per heavy atom. The number of benzene rings is 1. The first-order chi connectivity index (χ1) is 7.08. The molecule has 0 saturated carbocycles. The van der Waals surface area contributed by atoms with Gasteiger partial charge in [0.2, 0.25) is 5.91 Å². The van der Waals surface area contributed by atoms with E-state index >= 15 is 0 Å². The lowest BCUT2D eigenvalue weighted by Gasteiger charge is -2.02. The molecule has 0 bridgehead atoms. The summed E-state index contributed by atoms with van der Waals surface area (Å²) in [6, 6.07) is 5.69. The number of Topliss-reactive ketones (excluding diaryl/α,β-unsaturated/α-hetero) is 1. The Balaban J connectivity index is 2.44. The number of hydrogen-bond donors (Lipinski definition) is 1. The molecule has 1 N–H and O–H groups in total. The molecule has 1 rings (SSSR count). The van der Waals surface area contributed by atoms with E-state index in [2.05, 4.69) is 5.32 Å². The first kappa shape index (κ1) is 11.4. The Morgan fingerprint density at radius 3 is 2.40 bits per heavy atom. The third-order valence-electron chi connectivity index (χ3n) is 1.81. The minimum absolute atomic E-state index is 0.0417. The predicted octanol–water partition coefficient (Wildman–Crippen LogP) is 1.07. The van der Waals surface area contributed by atoms with Crippen LogP contribution in [0.5, 0.6) is 0 Å². The van der Waals surface area contributed by atoms with Crippen molar-refractivity contribution < 1.29 is 14.0 Å². The maximum absolute atomic E-state index is 12.5. The normalized spacial score (nSPS) is 9.73. The first-order valence-corrected chi connectivity index (χ1v) is 4.58. The van der Waals surface area contributed by atoms with Crippen molar-refractivity contribution in [2.24, 2.45) is 0 Å². The summed E-state index contributed by atoms with van der Waals surface area (Å²) in [4.78, 5) is 21.8. The van der Waals surface area contributed by atoms with Gasteiger partial charge in [-0.2, -0.15) is 0 Å². The minimum atomic E-state index is -0.331. The molecule has 0 aliphatic rings. The predicted molar refractivity (Wildman–Crippen MR) is 53.8 cm³/mol.